The number of carboxylic acids is 1. The van der Waals surface area contributed by atoms with Gasteiger partial charge in [-0.2, -0.15) is 5.26 Å². The predicted octanol–water partition coefficient (Wildman–Crippen LogP) is 1.73. The van der Waals surface area contributed by atoms with Gasteiger partial charge in [0.1, 0.15) is 10.5 Å². The molecule has 4 nitrogen and oxygen atoms in total. The number of carboxylic acid groups (broad SMARTS) is 1. The summed E-state index contributed by atoms with van der Waals surface area (Å²) in [5.74, 6) is -1.12. The lowest BCUT2D eigenvalue weighted by atomic mass is 10.1. The molecule has 0 saturated heterocycles. The van der Waals surface area contributed by atoms with Gasteiger partial charge in [-0.05, 0) is 18.4 Å². The lowest BCUT2D eigenvalue weighted by molar-refractivity contribution is -0.136. The molecule has 0 bridgehead atoms. The van der Waals surface area contributed by atoms with E-state index in [1.165, 1.54) is 0 Å². The van der Waals surface area contributed by atoms with Crippen molar-refractivity contribution in [3.63, 3.8) is 0 Å². The fourth-order valence-electron chi connectivity index (χ4n) is 1.60. The molecule has 0 saturated carbocycles. The molecule has 3 unspecified atom stereocenters. The second-order valence-electron chi connectivity index (χ2n) is 3.87. The quantitative estimate of drug-likeness (QED) is 0.849. The lowest BCUT2D eigenvalue weighted by Crippen LogP contribution is -2.33. The predicted molar refractivity (Wildman–Crippen MR) is 69.4 cm³/mol. The Labute approximate surface area is 109 Å². The van der Waals surface area contributed by atoms with E-state index in [4.69, 9.17) is 10.4 Å². The molecule has 0 fully saturated rings. The van der Waals surface area contributed by atoms with E-state index in [0.717, 1.165) is 5.56 Å². The van der Waals surface area contributed by atoms with Gasteiger partial charge in [0.2, 0.25) is 0 Å². The summed E-state index contributed by atoms with van der Waals surface area (Å²) in [6.45, 7) is 1.73. The van der Waals surface area contributed by atoms with E-state index in [9.17, 15) is 9.00 Å². The zero-order valence-corrected chi connectivity index (χ0v) is 10.9. The minimum absolute atomic E-state index is 0.182. The van der Waals surface area contributed by atoms with Gasteiger partial charge in [-0.25, -0.2) is 0 Å². The summed E-state index contributed by atoms with van der Waals surface area (Å²) in [5, 5.41) is 16.2. The van der Waals surface area contributed by atoms with E-state index in [0.29, 0.717) is 6.42 Å². The summed E-state index contributed by atoms with van der Waals surface area (Å²) < 4.78 is 12.1. The highest BCUT2D eigenvalue weighted by Gasteiger charge is 2.30. The van der Waals surface area contributed by atoms with Crippen molar-refractivity contribution in [1.82, 2.24) is 0 Å². The standard InChI is InChI=1S/C13H15NO3S/c1-2-11(9-14)18(17)12(13(15)16)8-10-6-4-3-5-7-10/h3-7,11-12H,2,8H2,1H3,(H,15,16). The van der Waals surface area contributed by atoms with Gasteiger partial charge in [0.25, 0.3) is 0 Å². The molecule has 0 radical (unpaired) electrons. The summed E-state index contributed by atoms with van der Waals surface area (Å²) in [6, 6.07) is 10.9. The first-order chi connectivity index (χ1) is 8.60. The lowest BCUT2D eigenvalue weighted by Gasteiger charge is -2.14. The zero-order chi connectivity index (χ0) is 13.5. The molecule has 5 heteroatoms. The van der Waals surface area contributed by atoms with Gasteiger partial charge in [0.15, 0.2) is 0 Å². The summed E-state index contributed by atoms with van der Waals surface area (Å²) in [4.78, 5) is 11.2. The second kappa shape index (κ2) is 6.92. The van der Waals surface area contributed by atoms with Gasteiger partial charge in [-0.1, -0.05) is 37.3 Å². The summed E-state index contributed by atoms with van der Waals surface area (Å²) in [6.07, 6.45) is 0.572. The molecule has 0 amide bonds. The third-order valence-corrected chi connectivity index (χ3v) is 4.54. The number of nitriles is 1. The Morgan fingerprint density at radius 1 is 1.44 bits per heavy atom. The molecule has 18 heavy (non-hydrogen) atoms. The van der Waals surface area contributed by atoms with Gasteiger partial charge < -0.3 is 5.11 Å². The first kappa shape index (κ1) is 14.4. The van der Waals surface area contributed by atoms with Crippen LogP contribution in [0.2, 0.25) is 0 Å². The topological polar surface area (TPSA) is 78.2 Å². The Morgan fingerprint density at radius 3 is 2.50 bits per heavy atom. The van der Waals surface area contributed by atoms with Crippen molar-refractivity contribution in [2.75, 3.05) is 0 Å². The van der Waals surface area contributed by atoms with Crippen molar-refractivity contribution in [2.45, 2.75) is 30.3 Å². The average Bonchev–Trinajstić information content (AvgIpc) is 2.38. The van der Waals surface area contributed by atoms with Crippen molar-refractivity contribution in [1.29, 1.82) is 5.26 Å². The number of aliphatic carboxylic acids is 1. The normalized spacial score (nSPS) is 15.3. The molecule has 1 rings (SSSR count). The molecule has 0 spiro atoms. The van der Waals surface area contributed by atoms with Gasteiger partial charge >= 0.3 is 5.97 Å². The fourth-order valence-corrected chi connectivity index (χ4v) is 2.99. The monoisotopic (exact) mass is 265 g/mol. The fraction of sp³-hybridized carbons (Fsp3) is 0.385. The molecular weight excluding hydrogens is 250 g/mol. The molecule has 96 valence electrons. The van der Waals surface area contributed by atoms with Gasteiger partial charge in [0, 0.05) is 0 Å². The van der Waals surface area contributed by atoms with E-state index in [1.54, 1.807) is 31.2 Å². The van der Waals surface area contributed by atoms with Gasteiger partial charge in [-0.3, -0.25) is 9.00 Å². The number of hydrogen-bond donors (Lipinski definition) is 1. The summed E-state index contributed by atoms with van der Waals surface area (Å²) in [7, 11) is -1.69. The van der Waals surface area contributed by atoms with Crippen molar-refractivity contribution < 1.29 is 14.1 Å². The van der Waals surface area contributed by atoms with Crippen LogP contribution < -0.4 is 0 Å². The molecule has 1 N–H and O–H groups in total. The second-order valence-corrected chi connectivity index (χ2v) is 5.67. The highest BCUT2D eigenvalue weighted by molar-refractivity contribution is 7.87. The van der Waals surface area contributed by atoms with Crippen LogP contribution in [0.5, 0.6) is 0 Å². The van der Waals surface area contributed by atoms with E-state index >= 15 is 0 Å². The number of nitrogens with zero attached hydrogens (tertiary/aromatic N) is 1. The molecule has 0 aromatic heterocycles. The zero-order valence-electron chi connectivity index (χ0n) is 10.1. The van der Waals surface area contributed by atoms with Gasteiger partial charge in [0.05, 0.1) is 16.9 Å². The number of rotatable bonds is 6. The van der Waals surface area contributed by atoms with Crippen LogP contribution in [0.3, 0.4) is 0 Å². The number of hydrogen-bond acceptors (Lipinski definition) is 3. The molecule has 0 aliphatic rings. The van der Waals surface area contributed by atoms with Crippen molar-refractivity contribution >= 4 is 16.8 Å². The molecule has 0 aliphatic heterocycles. The molecule has 1 aromatic rings. The van der Waals surface area contributed by atoms with Crippen LogP contribution in [0.1, 0.15) is 18.9 Å². The Balaban J connectivity index is 2.88. The minimum atomic E-state index is -1.69. The largest absolute Gasteiger partial charge is 0.480 e. The Hall–Kier alpha value is -1.67. The van der Waals surface area contributed by atoms with E-state index in [-0.39, 0.29) is 6.42 Å². The number of carbonyl (C=O) groups is 1. The maximum atomic E-state index is 12.1. The Kier molecular flexibility index (Phi) is 5.53. The van der Waals surface area contributed by atoms with Crippen molar-refractivity contribution in [2.24, 2.45) is 0 Å². The third kappa shape index (κ3) is 3.67. The van der Waals surface area contributed by atoms with Gasteiger partial charge in [-0.15, -0.1) is 0 Å². The van der Waals surface area contributed by atoms with Crippen LogP contribution in [-0.2, 0) is 22.0 Å². The van der Waals surface area contributed by atoms with Crippen LogP contribution in [0, 0.1) is 11.3 Å². The number of benzene rings is 1. The van der Waals surface area contributed by atoms with Crippen molar-refractivity contribution in [3.8, 4) is 6.07 Å². The minimum Gasteiger partial charge on any atom is -0.480 e. The first-order valence-electron chi connectivity index (χ1n) is 5.65. The van der Waals surface area contributed by atoms with Crippen LogP contribution >= 0.6 is 0 Å². The van der Waals surface area contributed by atoms with Crippen LogP contribution in [0.4, 0.5) is 0 Å². The average molecular weight is 265 g/mol. The highest BCUT2D eigenvalue weighted by atomic mass is 32.2. The highest BCUT2D eigenvalue weighted by Crippen LogP contribution is 2.13. The summed E-state index contributed by atoms with van der Waals surface area (Å²) >= 11 is 0. The molecule has 0 aliphatic carbocycles. The van der Waals surface area contributed by atoms with Crippen LogP contribution in [0.25, 0.3) is 0 Å². The van der Waals surface area contributed by atoms with E-state index < -0.39 is 27.3 Å². The first-order valence-corrected chi connectivity index (χ1v) is 6.93. The van der Waals surface area contributed by atoms with Crippen LogP contribution in [-0.4, -0.2) is 25.8 Å². The SMILES string of the molecule is CCC(C#N)S(=O)C(Cc1ccccc1)C(=O)O. The maximum Gasteiger partial charge on any atom is 0.319 e. The Morgan fingerprint density at radius 2 is 2.06 bits per heavy atom. The van der Waals surface area contributed by atoms with Crippen molar-refractivity contribution in [3.05, 3.63) is 35.9 Å². The van der Waals surface area contributed by atoms with E-state index in [2.05, 4.69) is 0 Å². The third-order valence-electron chi connectivity index (χ3n) is 2.61. The maximum absolute atomic E-state index is 12.1. The molecule has 0 heterocycles. The Bertz CT molecular complexity index is 467. The van der Waals surface area contributed by atoms with Crippen LogP contribution in [0.15, 0.2) is 30.3 Å². The molecular formula is C13H15NO3S. The van der Waals surface area contributed by atoms with E-state index in [1.807, 2.05) is 12.1 Å². The molecule has 3 atom stereocenters. The smallest absolute Gasteiger partial charge is 0.319 e. The summed E-state index contributed by atoms with van der Waals surface area (Å²) in [5.41, 5.74) is 0.811. The molecule has 1 aromatic carbocycles.